The highest BCUT2D eigenvalue weighted by molar-refractivity contribution is 5.99. The van der Waals surface area contributed by atoms with Gasteiger partial charge in [0.25, 0.3) is 0 Å². The Bertz CT molecular complexity index is 2130. The lowest BCUT2D eigenvalue weighted by atomic mass is 10.1. The minimum atomic E-state index is -1.47. The molecule has 5 heterocycles. The third kappa shape index (κ3) is 17.8. The Morgan fingerprint density at radius 2 is 0.512 bits per heavy atom. The lowest BCUT2D eigenvalue weighted by Gasteiger charge is -2.29. The van der Waals surface area contributed by atoms with E-state index in [1.807, 2.05) is 0 Å². The molecule has 16 amide bonds. The molecule has 5 rings (SSSR count). The highest BCUT2D eigenvalue weighted by Gasteiger charge is 2.41. The topological polar surface area (TPSA) is 486 Å². The summed E-state index contributed by atoms with van der Waals surface area (Å²) >= 11 is 0. The predicted octanol–water partition coefficient (Wildman–Crippen LogP) is -8.57. The Labute approximate surface area is 458 Å². The number of hydrogen-bond acceptors (Lipinski definition) is 16. The minimum Gasteiger partial charge on any atom is -0.370 e. The molecule has 32 heteroatoms. The number of nitrogens with two attached hydrogens (primary N) is 4. The van der Waals surface area contributed by atoms with Gasteiger partial charge >= 0.3 is 0 Å². The molecule has 0 aromatic rings. The molecule has 0 saturated carbocycles. The van der Waals surface area contributed by atoms with Crippen molar-refractivity contribution in [1.82, 2.24) is 62.1 Å². The summed E-state index contributed by atoms with van der Waals surface area (Å²) in [6, 6.07) is -10.6. The largest absolute Gasteiger partial charge is 0.370 e. The summed E-state index contributed by atoms with van der Waals surface area (Å²) in [5.41, 5.74) is 21.4. The van der Waals surface area contributed by atoms with Gasteiger partial charge in [-0.2, -0.15) is 0 Å². The maximum atomic E-state index is 13.8. The van der Waals surface area contributed by atoms with Crippen LogP contribution in [0.3, 0.4) is 0 Å². The molecule has 0 unspecified atom stereocenters. The summed E-state index contributed by atoms with van der Waals surface area (Å²) in [6.45, 7) is -2.68. The molecule has 440 valence electrons. The molecule has 0 bridgehead atoms. The van der Waals surface area contributed by atoms with Crippen LogP contribution in [0.2, 0.25) is 0 Å². The molecule has 5 aliphatic heterocycles. The summed E-state index contributed by atoms with van der Waals surface area (Å²) in [7, 11) is 0. The van der Waals surface area contributed by atoms with E-state index in [1.165, 1.54) is 0 Å². The molecule has 0 aliphatic carbocycles. The first kappa shape index (κ1) is 62.4. The molecular formula is C48H72N16O16. The Kier molecular flexibility index (Phi) is 23.0. The van der Waals surface area contributed by atoms with Gasteiger partial charge in [0.2, 0.25) is 94.5 Å². The van der Waals surface area contributed by atoms with Crippen LogP contribution in [0.4, 0.5) is 0 Å². The van der Waals surface area contributed by atoms with Crippen molar-refractivity contribution in [3.8, 4) is 0 Å². The monoisotopic (exact) mass is 1130 g/mol. The van der Waals surface area contributed by atoms with E-state index in [9.17, 15) is 76.7 Å². The summed E-state index contributed by atoms with van der Waals surface area (Å²) in [6.07, 6.45) is -1.20. The maximum absolute atomic E-state index is 13.8. The molecule has 0 aromatic carbocycles. The van der Waals surface area contributed by atoms with Gasteiger partial charge in [-0.05, 0) is 77.0 Å². The molecule has 0 radical (unpaired) electrons. The van der Waals surface area contributed by atoms with Crippen LogP contribution in [0.1, 0.15) is 103 Å². The highest BCUT2D eigenvalue weighted by Crippen LogP contribution is 2.22. The Balaban J connectivity index is 1.40. The second kappa shape index (κ2) is 29.5. The second-order valence-electron chi connectivity index (χ2n) is 20.1. The smallest absolute Gasteiger partial charge is 0.243 e. The third-order valence-electron chi connectivity index (χ3n) is 14.4. The third-order valence-corrected chi connectivity index (χ3v) is 14.4. The number of carbonyl (C=O) groups is 16. The average Bonchev–Trinajstić information content (AvgIpc) is 4.27. The zero-order valence-corrected chi connectivity index (χ0v) is 44.2. The van der Waals surface area contributed by atoms with Crippen molar-refractivity contribution in [2.75, 3.05) is 52.4 Å². The number of carbonyl (C=O) groups excluding carboxylic acids is 16. The van der Waals surface area contributed by atoms with Gasteiger partial charge in [-0.15, -0.1) is 0 Å². The Morgan fingerprint density at radius 1 is 0.325 bits per heavy atom. The second-order valence-corrected chi connectivity index (χ2v) is 20.1. The lowest BCUT2D eigenvalue weighted by Crippen LogP contribution is -2.57. The van der Waals surface area contributed by atoms with E-state index in [1.54, 1.807) is 0 Å². The minimum absolute atomic E-state index is 0.0377. The SMILES string of the molecule is NC(=O)CC[C@@H]1NC(=O)[C@@H]2CCCN2C(=O)CNC(=O)[C@H](CCC(N)=O)NC(=O)[C@@H]2CCCN2C(=O)CNC(=O)[C@H](CCC(N)=O)NC(=O)[C@@H]2CCCN2C(=O)CNC(=O)[C@H](CCC(N)=O)NC(=O)[C@@H]2CCCN2C(=O)CNC1=O. The highest BCUT2D eigenvalue weighted by atomic mass is 16.2. The van der Waals surface area contributed by atoms with Gasteiger partial charge in [0.05, 0.1) is 26.2 Å². The van der Waals surface area contributed by atoms with Gasteiger partial charge in [-0.1, -0.05) is 0 Å². The fourth-order valence-corrected chi connectivity index (χ4v) is 10.2. The van der Waals surface area contributed by atoms with E-state index >= 15 is 0 Å². The molecule has 5 fully saturated rings. The Hall–Kier alpha value is -8.48. The number of rotatable bonds is 12. The van der Waals surface area contributed by atoms with E-state index in [-0.39, 0.29) is 77.5 Å². The van der Waals surface area contributed by atoms with Crippen molar-refractivity contribution in [3.63, 3.8) is 0 Å². The molecule has 5 aliphatic rings. The number of fused-ring (bicyclic) bond motifs is 4. The Morgan fingerprint density at radius 3 is 0.688 bits per heavy atom. The lowest BCUT2D eigenvalue weighted by molar-refractivity contribution is -0.142. The number of nitrogens with one attached hydrogen (secondary N) is 8. The molecule has 0 spiro atoms. The van der Waals surface area contributed by atoms with E-state index in [4.69, 9.17) is 22.9 Å². The average molecular weight is 1130 g/mol. The predicted molar refractivity (Wildman–Crippen MR) is 272 cm³/mol. The van der Waals surface area contributed by atoms with Crippen LogP contribution in [-0.2, 0) is 76.7 Å². The fourth-order valence-electron chi connectivity index (χ4n) is 10.2. The van der Waals surface area contributed by atoms with Gasteiger partial charge in [0.15, 0.2) is 0 Å². The summed E-state index contributed by atoms with van der Waals surface area (Å²) in [5, 5.41) is 19.7. The van der Waals surface area contributed by atoms with Crippen LogP contribution in [-0.4, -0.2) is 215 Å². The molecule has 80 heavy (non-hydrogen) atoms. The van der Waals surface area contributed by atoms with E-state index in [0.29, 0.717) is 25.7 Å². The van der Waals surface area contributed by atoms with Crippen molar-refractivity contribution in [2.24, 2.45) is 22.9 Å². The van der Waals surface area contributed by atoms with Gasteiger partial charge in [0.1, 0.15) is 48.3 Å². The van der Waals surface area contributed by atoms with Crippen LogP contribution in [0.5, 0.6) is 0 Å². The standard InChI is InChI=1S/C48H72N16O16/c49-33(65)13-9-25-41(73)54-22-38(70)62-18-3-7-31(62)47(79)59-27(11-15-35(51)67)43(75)56-24-40(72)64-20-4-8-32(64)48(80)60-28(12-16-36(52)68)44(76)55-23-39(71)63-19-2-6-30(63)46(78)58-26(10-14-34(50)66)42(74)53-21-37(69)61-17-1-5-29(61)45(77)57-25/h25-32H,1-24H2,(H2,49,65)(H2,50,66)(H2,51,67)(H2,52,68)(H,53,74)(H,54,73)(H,55,76)(H,56,75)(H,57,77)(H,58,78)(H,59,79)(H,60,80)/t25-,26-,27-,28-,29-,30-,31-,32-/m0/s1. The number of primary amides is 4. The first-order valence-corrected chi connectivity index (χ1v) is 26.6. The maximum Gasteiger partial charge on any atom is 0.243 e. The van der Waals surface area contributed by atoms with Crippen molar-refractivity contribution in [1.29, 1.82) is 0 Å². The molecule has 5 saturated heterocycles. The van der Waals surface area contributed by atoms with Gasteiger partial charge in [0, 0.05) is 51.9 Å². The van der Waals surface area contributed by atoms with Crippen LogP contribution >= 0.6 is 0 Å². The van der Waals surface area contributed by atoms with E-state index in [2.05, 4.69) is 42.5 Å². The van der Waals surface area contributed by atoms with Crippen molar-refractivity contribution in [3.05, 3.63) is 0 Å². The number of amides is 16. The normalized spacial score (nSPS) is 27.0. The van der Waals surface area contributed by atoms with Crippen molar-refractivity contribution < 1.29 is 76.7 Å². The van der Waals surface area contributed by atoms with Crippen molar-refractivity contribution in [2.45, 2.75) is 151 Å². The van der Waals surface area contributed by atoms with Gasteiger partial charge < -0.3 is 85.1 Å². The van der Waals surface area contributed by atoms with E-state index < -0.39 is 195 Å². The summed E-state index contributed by atoms with van der Waals surface area (Å²) in [5.74, 6) is -13.3. The van der Waals surface area contributed by atoms with Gasteiger partial charge in [-0.3, -0.25) is 76.7 Å². The quantitative estimate of drug-likeness (QED) is 0.0864. The molecular weight excluding hydrogens is 1060 g/mol. The molecule has 16 N–H and O–H groups in total. The van der Waals surface area contributed by atoms with Crippen LogP contribution < -0.4 is 65.5 Å². The molecule has 0 aromatic heterocycles. The van der Waals surface area contributed by atoms with Crippen LogP contribution in [0, 0.1) is 0 Å². The summed E-state index contributed by atoms with van der Waals surface area (Å²) < 4.78 is 0. The molecule has 32 nitrogen and oxygen atoms in total. The fraction of sp³-hybridized carbons (Fsp3) is 0.667. The molecule has 8 atom stereocenters. The first-order valence-electron chi connectivity index (χ1n) is 26.6. The van der Waals surface area contributed by atoms with E-state index in [0.717, 1.165) is 19.6 Å². The summed E-state index contributed by atoms with van der Waals surface area (Å²) in [4.78, 5) is 216. The van der Waals surface area contributed by atoms with Crippen molar-refractivity contribution >= 4 is 94.5 Å². The number of hydrogen-bond donors (Lipinski definition) is 12. The van der Waals surface area contributed by atoms with Crippen LogP contribution in [0.25, 0.3) is 0 Å². The number of nitrogens with zero attached hydrogens (tertiary/aromatic N) is 4. The first-order chi connectivity index (χ1) is 37.9. The zero-order valence-electron chi connectivity index (χ0n) is 44.2. The zero-order chi connectivity index (χ0) is 58.8. The van der Waals surface area contributed by atoms with Gasteiger partial charge in [-0.25, -0.2) is 0 Å². The van der Waals surface area contributed by atoms with Crippen LogP contribution in [0.15, 0.2) is 0 Å².